The molecule has 0 aliphatic heterocycles. The quantitative estimate of drug-likeness (QED) is 0.746. The Morgan fingerprint density at radius 3 is 2.67 bits per heavy atom. The van der Waals surface area contributed by atoms with Gasteiger partial charge in [0, 0.05) is 6.04 Å². The molecule has 0 spiro atoms. The van der Waals surface area contributed by atoms with Gasteiger partial charge in [-0.25, -0.2) is 0 Å². The second-order valence-corrected chi connectivity index (χ2v) is 4.92. The van der Waals surface area contributed by atoms with Gasteiger partial charge in [-0.1, -0.05) is 25.5 Å². The molecule has 0 aromatic heterocycles. The fourth-order valence-electron chi connectivity index (χ4n) is 1.83. The molecule has 1 aromatic carbocycles. The fourth-order valence-corrected chi connectivity index (χ4v) is 1.83. The molecule has 0 saturated carbocycles. The zero-order valence-electron chi connectivity index (χ0n) is 11.2. The van der Waals surface area contributed by atoms with Crippen LogP contribution in [-0.2, 0) is 0 Å². The SMILES string of the molecule is Cc1ccc(O)c(C(=O)NC(CCN)C(C)C)c1. The molecule has 4 nitrogen and oxygen atoms in total. The predicted molar refractivity (Wildman–Crippen MR) is 72.6 cm³/mol. The number of benzene rings is 1. The number of hydrogen-bond acceptors (Lipinski definition) is 3. The molecule has 0 fully saturated rings. The number of carbonyl (C=O) groups is 1. The van der Waals surface area contributed by atoms with Gasteiger partial charge in [0.15, 0.2) is 0 Å². The summed E-state index contributed by atoms with van der Waals surface area (Å²) < 4.78 is 0. The van der Waals surface area contributed by atoms with Gasteiger partial charge < -0.3 is 16.2 Å². The molecular formula is C14H22N2O2. The molecule has 0 radical (unpaired) electrons. The van der Waals surface area contributed by atoms with E-state index in [0.717, 1.165) is 12.0 Å². The van der Waals surface area contributed by atoms with Gasteiger partial charge in [0.25, 0.3) is 5.91 Å². The third-order valence-corrected chi connectivity index (χ3v) is 3.00. The Morgan fingerprint density at radius 1 is 1.44 bits per heavy atom. The first-order chi connectivity index (χ1) is 8.45. The maximum atomic E-state index is 12.1. The molecule has 0 aliphatic carbocycles. The van der Waals surface area contributed by atoms with Crippen LogP contribution in [0, 0.1) is 12.8 Å². The van der Waals surface area contributed by atoms with Crippen LogP contribution in [-0.4, -0.2) is 23.6 Å². The Labute approximate surface area is 108 Å². The fraction of sp³-hybridized carbons (Fsp3) is 0.500. The number of nitrogens with one attached hydrogen (secondary N) is 1. The number of nitrogens with two attached hydrogens (primary N) is 1. The molecule has 0 bridgehead atoms. The first kappa shape index (κ1) is 14.5. The summed E-state index contributed by atoms with van der Waals surface area (Å²) in [6.07, 6.45) is 0.732. The smallest absolute Gasteiger partial charge is 0.255 e. The largest absolute Gasteiger partial charge is 0.507 e. The number of amides is 1. The average molecular weight is 250 g/mol. The van der Waals surface area contributed by atoms with Crippen molar-refractivity contribution < 1.29 is 9.90 Å². The second kappa shape index (κ2) is 6.40. The van der Waals surface area contributed by atoms with Crippen LogP contribution in [0.5, 0.6) is 5.75 Å². The van der Waals surface area contributed by atoms with Crippen molar-refractivity contribution in [1.29, 1.82) is 0 Å². The minimum atomic E-state index is -0.247. The molecule has 1 rings (SSSR count). The second-order valence-electron chi connectivity index (χ2n) is 4.92. The van der Waals surface area contributed by atoms with E-state index in [0.29, 0.717) is 18.0 Å². The van der Waals surface area contributed by atoms with Crippen LogP contribution in [0.4, 0.5) is 0 Å². The lowest BCUT2D eigenvalue weighted by Gasteiger charge is -2.22. The van der Waals surface area contributed by atoms with Crippen molar-refractivity contribution in [3.63, 3.8) is 0 Å². The lowest BCUT2D eigenvalue weighted by molar-refractivity contribution is 0.0921. The number of phenolic OH excluding ortho intramolecular Hbond substituents is 1. The molecule has 0 aliphatic rings. The van der Waals surface area contributed by atoms with Crippen molar-refractivity contribution in [2.45, 2.75) is 33.2 Å². The number of rotatable bonds is 5. The molecule has 0 heterocycles. The topological polar surface area (TPSA) is 75.3 Å². The number of aryl methyl sites for hydroxylation is 1. The first-order valence-electron chi connectivity index (χ1n) is 6.26. The summed E-state index contributed by atoms with van der Waals surface area (Å²) in [5.41, 5.74) is 6.79. The minimum Gasteiger partial charge on any atom is -0.507 e. The number of phenols is 1. The van der Waals surface area contributed by atoms with Gasteiger partial charge in [0.2, 0.25) is 0 Å². The van der Waals surface area contributed by atoms with Crippen LogP contribution < -0.4 is 11.1 Å². The van der Waals surface area contributed by atoms with E-state index in [2.05, 4.69) is 5.32 Å². The summed E-state index contributed by atoms with van der Waals surface area (Å²) in [5.74, 6) is 0.0705. The third kappa shape index (κ3) is 3.74. The zero-order chi connectivity index (χ0) is 13.7. The number of carbonyl (C=O) groups excluding carboxylic acids is 1. The summed E-state index contributed by atoms with van der Waals surface area (Å²) in [4.78, 5) is 12.1. The van der Waals surface area contributed by atoms with Gasteiger partial charge in [-0.2, -0.15) is 0 Å². The van der Waals surface area contributed by atoms with Crippen LogP contribution >= 0.6 is 0 Å². The van der Waals surface area contributed by atoms with Crippen LogP contribution in [0.1, 0.15) is 36.2 Å². The van der Waals surface area contributed by atoms with Crippen LogP contribution in [0.15, 0.2) is 18.2 Å². The maximum Gasteiger partial charge on any atom is 0.255 e. The standard InChI is InChI=1S/C14H22N2O2/c1-9(2)12(6-7-15)16-14(18)11-8-10(3)4-5-13(11)17/h4-5,8-9,12,17H,6-7,15H2,1-3H3,(H,16,18). The summed E-state index contributed by atoms with van der Waals surface area (Å²) in [5, 5.41) is 12.6. The predicted octanol–water partition coefficient (Wildman–Crippen LogP) is 1.80. The highest BCUT2D eigenvalue weighted by Gasteiger charge is 2.18. The molecule has 4 heteroatoms. The molecule has 100 valence electrons. The van der Waals surface area contributed by atoms with Crippen LogP contribution in [0.25, 0.3) is 0 Å². The van der Waals surface area contributed by atoms with Crippen LogP contribution in [0.2, 0.25) is 0 Å². The molecule has 1 atom stereocenters. The molecule has 0 saturated heterocycles. The highest BCUT2D eigenvalue weighted by molar-refractivity contribution is 5.97. The average Bonchev–Trinajstić information content (AvgIpc) is 2.31. The Morgan fingerprint density at radius 2 is 2.11 bits per heavy atom. The van der Waals surface area contributed by atoms with Crippen molar-refractivity contribution >= 4 is 5.91 Å². The van der Waals surface area contributed by atoms with Crippen LogP contribution in [0.3, 0.4) is 0 Å². The van der Waals surface area contributed by atoms with E-state index < -0.39 is 0 Å². The lowest BCUT2D eigenvalue weighted by atomic mass is 10.00. The number of aromatic hydroxyl groups is 1. The Bertz CT molecular complexity index is 416. The van der Waals surface area contributed by atoms with Gasteiger partial charge in [-0.05, 0) is 37.9 Å². The molecule has 1 unspecified atom stereocenters. The monoisotopic (exact) mass is 250 g/mol. The van der Waals surface area contributed by atoms with E-state index in [4.69, 9.17) is 5.73 Å². The van der Waals surface area contributed by atoms with Gasteiger partial charge in [0.1, 0.15) is 5.75 Å². The van der Waals surface area contributed by atoms with E-state index in [1.807, 2.05) is 20.8 Å². The normalized spacial score (nSPS) is 12.5. The van der Waals surface area contributed by atoms with Crippen molar-refractivity contribution in [2.75, 3.05) is 6.54 Å². The van der Waals surface area contributed by atoms with Crippen molar-refractivity contribution in [3.05, 3.63) is 29.3 Å². The lowest BCUT2D eigenvalue weighted by Crippen LogP contribution is -2.39. The Kier molecular flexibility index (Phi) is 5.16. The first-order valence-corrected chi connectivity index (χ1v) is 6.26. The third-order valence-electron chi connectivity index (χ3n) is 3.00. The zero-order valence-corrected chi connectivity index (χ0v) is 11.2. The molecule has 18 heavy (non-hydrogen) atoms. The van der Waals surface area contributed by atoms with E-state index in [1.54, 1.807) is 12.1 Å². The summed E-state index contributed by atoms with van der Waals surface area (Å²) in [6.45, 7) is 6.49. The van der Waals surface area contributed by atoms with Gasteiger partial charge in [-0.15, -0.1) is 0 Å². The Hall–Kier alpha value is -1.55. The van der Waals surface area contributed by atoms with E-state index in [-0.39, 0.29) is 17.7 Å². The van der Waals surface area contributed by atoms with E-state index in [1.165, 1.54) is 6.07 Å². The Balaban J connectivity index is 2.83. The molecule has 4 N–H and O–H groups in total. The van der Waals surface area contributed by atoms with Gasteiger partial charge in [0.05, 0.1) is 5.56 Å². The van der Waals surface area contributed by atoms with Crippen molar-refractivity contribution in [1.82, 2.24) is 5.32 Å². The van der Waals surface area contributed by atoms with E-state index >= 15 is 0 Å². The summed E-state index contributed by atoms with van der Waals surface area (Å²) in [6, 6.07) is 5.02. The van der Waals surface area contributed by atoms with Crippen molar-refractivity contribution in [2.24, 2.45) is 11.7 Å². The summed E-state index contributed by atoms with van der Waals surface area (Å²) in [7, 11) is 0. The van der Waals surface area contributed by atoms with Gasteiger partial charge >= 0.3 is 0 Å². The molecule has 1 amide bonds. The summed E-state index contributed by atoms with van der Waals surface area (Å²) >= 11 is 0. The van der Waals surface area contributed by atoms with Crippen molar-refractivity contribution in [3.8, 4) is 5.75 Å². The highest BCUT2D eigenvalue weighted by Crippen LogP contribution is 2.18. The van der Waals surface area contributed by atoms with E-state index in [9.17, 15) is 9.90 Å². The maximum absolute atomic E-state index is 12.1. The number of hydrogen-bond donors (Lipinski definition) is 3. The molecule has 1 aromatic rings. The molecular weight excluding hydrogens is 228 g/mol. The highest BCUT2D eigenvalue weighted by atomic mass is 16.3. The minimum absolute atomic E-state index is 0.00774. The van der Waals surface area contributed by atoms with Gasteiger partial charge in [-0.3, -0.25) is 4.79 Å².